The van der Waals surface area contributed by atoms with Gasteiger partial charge in [0.15, 0.2) is 0 Å². The summed E-state index contributed by atoms with van der Waals surface area (Å²) in [5.74, 6) is -0.873. The summed E-state index contributed by atoms with van der Waals surface area (Å²) in [7, 11) is -3.89. The first-order valence-electron chi connectivity index (χ1n) is 11.2. The third-order valence-electron chi connectivity index (χ3n) is 5.33. The van der Waals surface area contributed by atoms with E-state index in [2.05, 4.69) is 5.32 Å². The molecule has 1 unspecified atom stereocenters. The first kappa shape index (κ1) is 29.2. The van der Waals surface area contributed by atoms with Gasteiger partial charge in [0.25, 0.3) is 0 Å². The third kappa shape index (κ3) is 8.56. The van der Waals surface area contributed by atoms with E-state index in [-0.39, 0.29) is 28.2 Å². The van der Waals surface area contributed by atoms with Crippen molar-refractivity contribution < 1.29 is 18.0 Å². The maximum atomic E-state index is 13.6. The Hall–Kier alpha value is -2.00. The minimum absolute atomic E-state index is 0.0338. The molecule has 35 heavy (non-hydrogen) atoms. The molecule has 0 saturated heterocycles. The van der Waals surface area contributed by atoms with E-state index < -0.39 is 28.5 Å². The topological polar surface area (TPSA) is 86.8 Å². The van der Waals surface area contributed by atoms with Crippen LogP contribution in [0.2, 0.25) is 15.1 Å². The largest absolute Gasteiger partial charge is 0.354 e. The SMILES string of the molecule is CCCCNC(=O)C(CC)N(Cc1ccccc1Cl)C(=O)CN(c1cc(Cl)cc(Cl)c1)S(C)(=O)=O. The van der Waals surface area contributed by atoms with Gasteiger partial charge in [0, 0.05) is 28.2 Å². The van der Waals surface area contributed by atoms with Crippen LogP contribution in [-0.2, 0) is 26.2 Å². The molecule has 0 bridgehead atoms. The predicted molar refractivity (Wildman–Crippen MR) is 143 cm³/mol. The minimum Gasteiger partial charge on any atom is -0.354 e. The van der Waals surface area contributed by atoms with Crippen molar-refractivity contribution in [1.82, 2.24) is 10.2 Å². The zero-order valence-electron chi connectivity index (χ0n) is 19.9. The smallest absolute Gasteiger partial charge is 0.244 e. The molecule has 7 nitrogen and oxygen atoms in total. The number of sulfonamides is 1. The first-order valence-corrected chi connectivity index (χ1v) is 14.2. The van der Waals surface area contributed by atoms with Crippen molar-refractivity contribution in [2.45, 2.75) is 45.7 Å². The van der Waals surface area contributed by atoms with Gasteiger partial charge in [-0.1, -0.05) is 73.3 Å². The number of unbranched alkanes of at least 4 members (excludes halogenated alkanes) is 1. The van der Waals surface area contributed by atoms with Crippen LogP contribution in [0.3, 0.4) is 0 Å². The molecular weight excluding hydrogens is 533 g/mol. The summed E-state index contributed by atoms with van der Waals surface area (Å²) >= 11 is 18.5. The minimum atomic E-state index is -3.89. The van der Waals surface area contributed by atoms with Crippen molar-refractivity contribution in [1.29, 1.82) is 0 Å². The molecule has 2 rings (SSSR count). The molecule has 0 aliphatic carbocycles. The van der Waals surface area contributed by atoms with Gasteiger partial charge in [-0.25, -0.2) is 8.42 Å². The van der Waals surface area contributed by atoms with Gasteiger partial charge in [-0.2, -0.15) is 0 Å². The normalized spacial score (nSPS) is 12.2. The number of amides is 2. The van der Waals surface area contributed by atoms with Crippen molar-refractivity contribution >= 4 is 62.3 Å². The molecule has 1 N–H and O–H groups in total. The van der Waals surface area contributed by atoms with Crippen molar-refractivity contribution in [3.8, 4) is 0 Å². The van der Waals surface area contributed by atoms with Crippen molar-refractivity contribution in [2.75, 3.05) is 23.7 Å². The van der Waals surface area contributed by atoms with E-state index in [1.165, 1.54) is 23.1 Å². The van der Waals surface area contributed by atoms with Crippen LogP contribution in [0.5, 0.6) is 0 Å². The van der Waals surface area contributed by atoms with E-state index in [9.17, 15) is 18.0 Å². The number of hydrogen-bond donors (Lipinski definition) is 1. The number of nitrogens with zero attached hydrogens (tertiary/aromatic N) is 2. The van der Waals surface area contributed by atoms with Crippen LogP contribution in [0.15, 0.2) is 42.5 Å². The standard InChI is InChI=1S/C24H30Cl3N3O4S/c1-4-6-11-28-24(32)22(5-2)29(15-17-9-7-8-10-21(17)27)23(31)16-30(35(3,33)34)20-13-18(25)12-19(26)14-20/h7-10,12-14,22H,4-6,11,15-16H2,1-3H3,(H,28,32). The number of benzene rings is 2. The summed E-state index contributed by atoms with van der Waals surface area (Å²) in [6.07, 6.45) is 3.03. The average molecular weight is 563 g/mol. The lowest BCUT2D eigenvalue weighted by Crippen LogP contribution is -2.52. The molecule has 0 heterocycles. The zero-order chi connectivity index (χ0) is 26.2. The van der Waals surface area contributed by atoms with Gasteiger partial charge in [0.1, 0.15) is 12.6 Å². The molecule has 2 aromatic rings. The Morgan fingerprint density at radius 1 is 1.03 bits per heavy atom. The van der Waals surface area contributed by atoms with Gasteiger partial charge >= 0.3 is 0 Å². The van der Waals surface area contributed by atoms with Crippen molar-refractivity contribution in [2.24, 2.45) is 0 Å². The number of carbonyl (C=O) groups excluding carboxylic acids is 2. The predicted octanol–water partition coefficient (Wildman–Crippen LogP) is 5.14. The highest BCUT2D eigenvalue weighted by Crippen LogP contribution is 2.28. The Morgan fingerprint density at radius 3 is 2.20 bits per heavy atom. The number of hydrogen-bond acceptors (Lipinski definition) is 4. The fourth-order valence-corrected chi connectivity index (χ4v) is 5.08. The number of halogens is 3. The van der Waals surface area contributed by atoms with Crippen LogP contribution in [-0.4, -0.2) is 50.5 Å². The molecule has 11 heteroatoms. The maximum absolute atomic E-state index is 13.6. The van der Waals surface area contributed by atoms with Crippen LogP contribution in [0.25, 0.3) is 0 Å². The monoisotopic (exact) mass is 561 g/mol. The lowest BCUT2D eigenvalue weighted by molar-refractivity contribution is -0.140. The highest BCUT2D eigenvalue weighted by atomic mass is 35.5. The molecule has 0 radical (unpaired) electrons. The summed E-state index contributed by atoms with van der Waals surface area (Å²) < 4.78 is 26.2. The quantitative estimate of drug-likeness (QED) is 0.363. The van der Waals surface area contributed by atoms with Crippen molar-refractivity contribution in [3.05, 3.63) is 63.1 Å². The number of nitrogens with one attached hydrogen (secondary N) is 1. The second-order valence-corrected chi connectivity index (χ2v) is 11.3. The number of rotatable bonds is 12. The molecule has 2 amide bonds. The molecule has 0 aromatic heterocycles. The summed E-state index contributed by atoms with van der Waals surface area (Å²) in [5.41, 5.74) is 0.788. The molecule has 0 aliphatic heterocycles. The van der Waals surface area contributed by atoms with E-state index >= 15 is 0 Å². The fraction of sp³-hybridized carbons (Fsp3) is 0.417. The van der Waals surface area contributed by atoms with Crippen LogP contribution < -0.4 is 9.62 Å². The van der Waals surface area contributed by atoms with E-state index in [0.29, 0.717) is 23.6 Å². The highest BCUT2D eigenvalue weighted by Gasteiger charge is 2.32. The highest BCUT2D eigenvalue weighted by molar-refractivity contribution is 7.92. The Morgan fingerprint density at radius 2 is 1.66 bits per heavy atom. The van der Waals surface area contributed by atoms with Gasteiger partial charge in [-0.15, -0.1) is 0 Å². The maximum Gasteiger partial charge on any atom is 0.244 e. The first-order chi connectivity index (χ1) is 16.5. The van der Waals surface area contributed by atoms with Crippen LogP contribution in [0.1, 0.15) is 38.7 Å². The van der Waals surface area contributed by atoms with E-state index in [1.807, 2.05) is 6.92 Å². The van der Waals surface area contributed by atoms with Gasteiger partial charge in [0.2, 0.25) is 21.8 Å². The molecule has 0 saturated carbocycles. The Bertz CT molecular complexity index is 1120. The van der Waals surface area contributed by atoms with E-state index in [1.54, 1.807) is 31.2 Å². The van der Waals surface area contributed by atoms with Gasteiger partial charge in [-0.3, -0.25) is 13.9 Å². The molecule has 2 aromatic carbocycles. The van der Waals surface area contributed by atoms with Crippen LogP contribution >= 0.6 is 34.8 Å². The zero-order valence-corrected chi connectivity index (χ0v) is 23.0. The third-order valence-corrected chi connectivity index (χ3v) is 7.27. The number of carbonyl (C=O) groups is 2. The molecule has 0 spiro atoms. The summed E-state index contributed by atoms with van der Waals surface area (Å²) in [6, 6.07) is 10.5. The number of anilines is 1. The lowest BCUT2D eigenvalue weighted by Gasteiger charge is -2.33. The van der Waals surface area contributed by atoms with Crippen molar-refractivity contribution in [3.63, 3.8) is 0 Å². The second kappa shape index (κ2) is 13.3. The molecule has 0 fully saturated rings. The average Bonchev–Trinajstić information content (AvgIpc) is 2.77. The molecule has 1 atom stereocenters. The second-order valence-electron chi connectivity index (χ2n) is 8.08. The Kier molecular flexibility index (Phi) is 11.1. The van der Waals surface area contributed by atoms with Gasteiger partial charge < -0.3 is 10.2 Å². The van der Waals surface area contributed by atoms with Crippen LogP contribution in [0.4, 0.5) is 5.69 Å². The van der Waals surface area contributed by atoms with E-state index in [4.69, 9.17) is 34.8 Å². The molecule has 0 aliphatic rings. The Labute approximate surface area is 222 Å². The van der Waals surface area contributed by atoms with Crippen LogP contribution in [0, 0.1) is 0 Å². The Balaban J connectivity index is 2.45. The van der Waals surface area contributed by atoms with Gasteiger partial charge in [-0.05, 0) is 42.7 Å². The summed E-state index contributed by atoms with van der Waals surface area (Å²) in [5, 5.41) is 3.76. The lowest BCUT2D eigenvalue weighted by atomic mass is 10.1. The fourth-order valence-electron chi connectivity index (χ4n) is 3.53. The summed E-state index contributed by atoms with van der Waals surface area (Å²) in [4.78, 5) is 28.0. The van der Waals surface area contributed by atoms with E-state index in [0.717, 1.165) is 23.4 Å². The molecular formula is C24H30Cl3N3O4S. The van der Waals surface area contributed by atoms with Gasteiger partial charge in [0.05, 0.1) is 11.9 Å². The molecule has 192 valence electrons. The summed E-state index contributed by atoms with van der Waals surface area (Å²) in [6.45, 7) is 3.78.